The van der Waals surface area contributed by atoms with Crippen molar-refractivity contribution >= 4 is 53.3 Å². The maximum Gasteiger partial charge on any atom is 0.327 e. The van der Waals surface area contributed by atoms with Crippen molar-refractivity contribution in [1.82, 2.24) is 36.8 Å². The zero-order valence-electron chi connectivity index (χ0n) is 40.5. The SMILES string of the molecule is C=C1C(=O)N[C@H](C)C(=O)N[C@@H](CC(C)C)C(=O)N[C@@H](C(=O)O)[C@H](C)C(=O)N[C@@H](C(C)C)C(=O)N[C@@H](/C=C/C(C)=C/[C@H](C)[C@H](Cc2ccccc2)OC)[C@H](C)C(=O)N[C@@H](C(=O)O)CCC(=O)N1C. The van der Waals surface area contributed by atoms with Crippen LogP contribution in [-0.4, -0.2) is 125 Å². The van der Waals surface area contributed by atoms with Crippen molar-refractivity contribution < 1.29 is 58.1 Å². The standard InChI is InChI=1S/C48H71N7O12/c1-25(2)22-36-45(61)54-40(48(65)66)30(8)42(58)53-39(26(3)4)46(62)50-34(19-18-27(5)23-28(6)37(67-12)24-33-16-14-13-15-17-33)29(7)41(57)51-35(47(63)64)20-21-38(56)55(11)32(10)44(60)49-31(9)43(59)52-36/h13-19,23,25-26,28-31,34-37,39-40H,10,20-22,24H2,1-9,11-12H3,(H,49,60)(H,50,62)(H,51,57)(H,52,59)(H,53,58)(H,54,61)(H,63,64)(H,65,66)/b19-18+,27-23+/t28-,29-,30-,31+,34-,35+,36-,37-,39-,40+/m0/s1. The summed E-state index contributed by atoms with van der Waals surface area (Å²) in [6, 6.07) is 1.35. The number of carbonyl (C=O) groups is 9. The van der Waals surface area contributed by atoms with E-state index < -0.39 is 126 Å². The average Bonchev–Trinajstić information content (AvgIpc) is 3.26. The number of nitrogens with one attached hydrogen (secondary N) is 6. The summed E-state index contributed by atoms with van der Waals surface area (Å²) in [7, 11) is 2.84. The van der Waals surface area contributed by atoms with Crippen LogP contribution < -0.4 is 31.9 Å². The van der Waals surface area contributed by atoms with Crippen LogP contribution >= 0.6 is 0 Å². The Bertz CT molecular complexity index is 2020. The molecule has 0 unspecified atom stereocenters. The van der Waals surface area contributed by atoms with Crippen molar-refractivity contribution in [3.8, 4) is 0 Å². The van der Waals surface area contributed by atoms with E-state index in [-0.39, 0.29) is 24.4 Å². The molecule has 1 heterocycles. The molecule has 1 aliphatic rings. The minimum Gasteiger partial charge on any atom is -0.480 e. The Morgan fingerprint density at radius 1 is 0.806 bits per heavy atom. The molecule has 19 heteroatoms. The molecule has 0 aliphatic carbocycles. The summed E-state index contributed by atoms with van der Waals surface area (Å²) < 4.78 is 5.80. The summed E-state index contributed by atoms with van der Waals surface area (Å²) in [5.41, 5.74) is 1.42. The van der Waals surface area contributed by atoms with E-state index in [4.69, 9.17) is 4.74 Å². The number of amides is 7. The second-order valence-corrected chi connectivity index (χ2v) is 18.0. The number of carboxylic acids is 2. The number of hydrogen-bond donors (Lipinski definition) is 8. The second-order valence-electron chi connectivity index (χ2n) is 18.0. The Hall–Kier alpha value is -6.37. The summed E-state index contributed by atoms with van der Waals surface area (Å²) in [5.74, 6) is -12.5. The molecule has 2 rings (SSSR count). The van der Waals surface area contributed by atoms with E-state index in [9.17, 15) is 53.4 Å². The average molecular weight is 938 g/mol. The first-order valence-electron chi connectivity index (χ1n) is 22.5. The Morgan fingerprint density at radius 3 is 1.97 bits per heavy atom. The Morgan fingerprint density at radius 2 is 1.42 bits per heavy atom. The van der Waals surface area contributed by atoms with Gasteiger partial charge in [-0.1, -0.05) is 109 Å². The number of aliphatic carboxylic acids is 2. The Kier molecular flexibility index (Phi) is 22.6. The lowest BCUT2D eigenvalue weighted by Crippen LogP contribution is -2.59. The number of likely N-dealkylation sites (N-methyl/N-ethyl adjacent to an activating group) is 1. The molecular weight excluding hydrogens is 867 g/mol. The highest BCUT2D eigenvalue weighted by Gasteiger charge is 2.38. The van der Waals surface area contributed by atoms with Gasteiger partial charge in [-0.05, 0) is 50.5 Å². The monoisotopic (exact) mass is 938 g/mol. The van der Waals surface area contributed by atoms with Crippen LogP contribution in [0.4, 0.5) is 0 Å². The third kappa shape index (κ3) is 17.7. The van der Waals surface area contributed by atoms with Gasteiger partial charge in [0.2, 0.25) is 35.4 Å². The van der Waals surface area contributed by atoms with E-state index in [1.54, 1.807) is 47.0 Å². The molecule has 7 amide bonds. The van der Waals surface area contributed by atoms with E-state index in [1.165, 1.54) is 27.8 Å². The van der Waals surface area contributed by atoms with Crippen LogP contribution in [0.5, 0.6) is 0 Å². The number of nitrogens with zero attached hydrogens (tertiary/aromatic N) is 1. The van der Waals surface area contributed by atoms with Gasteiger partial charge < -0.3 is 51.8 Å². The zero-order chi connectivity index (χ0) is 50.9. The largest absolute Gasteiger partial charge is 0.480 e. The molecule has 0 bridgehead atoms. The fourth-order valence-electron chi connectivity index (χ4n) is 7.19. The zero-order valence-corrected chi connectivity index (χ0v) is 40.5. The Balaban J connectivity index is 2.66. The molecule has 10 atom stereocenters. The molecule has 0 radical (unpaired) electrons. The van der Waals surface area contributed by atoms with E-state index in [1.807, 2.05) is 50.3 Å². The molecule has 67 heavy (non-hydrogen) atoms. The molecule has 0 spiro atoms. The summed E-state index contributed by atoms with van der Waals surface area (Å²) >= 11 is 0. The number of hydrogen-bond acceptors (Lipinski definition) is 10. The third-order valence-corrected chi connectivity index (χ3v) is 11.6. The lowest BCUT2D eigenvalue weighted by molar-refractivity contribution is -0.147. The van der Waals surface area contributed by atoms with E-state index in [0.717, 1.165) is 16.0 Å². The highest BCUT2D eigenvalue weighted by Crippen LogP contribution is 2.19. The van der Waals surface area contributed by atoms with Crippen LogP contribution in [0.15, 0.2) is 66.4 Å². The summed E-state index contributed by atoms with van der Waals surface area (Å²) in [5, 5.41) is 35.4. The molecule has 19 nitrogen and oxygen atoms in total. The molecular formula is C48H71N7O12. The van der Waals surface area contributed by atoms with Crippen molar-refractivity contribution in [2.24, 2.45) is 29.6 Å². The van der Waals surface area contributed by atoms with Crippen molar-refractivity contribution in [2.45, 2.75) is 130 Å². The quantitative estimate of drug-likeness (QED) is 0.111. The van der Waals surface area contributed by atoms with Gasteiger partial charge in [0.25, 0.3) is 5.91 Å². The maximum atomic E-state index is 14.2. The summed E-state index contributed by atoms with van der Waals surface area (Å²) in [4.78, 5) is 121. The van der Waals surface area contributed by atoms with Gasteiger partial charge in [0.1, 0.15) is 35.9 Å². The molecule has 1 saturated heterocycles. The van der Waals surface area contributed by atoms with Crippen LogP contribution in [0, 0.1) is 29.6 Å². The highest BCUT2D eigenvalue weighted by atomic mass is 16.5. The van der Waals surface area contributed by atoms with Gasteiger partial charge >= 0.3 is 11.9 Å². The van der Waals surface area contributed by atoms with Gasteiger partial charge in [-0.15, -0.1) is 0 Å². The lowest BCUT2D eigenvalue weighted by Gasteiger charge is -2.30. The molecule has 370 valence electrons. The minimum atomic E-state index is -1.83. The normalized spacial score (nSPS) is 26.3. The van der Waals surface area contributed by atoms with Crippen LogP contribution in [0.1, 0.15) is 87.1 Å². The van der Waals surface area contributed by atoms with Crippen molar-refractivity contribution in [3.63, 3.8) is 0 Å². The van der Waals surface area contributed by atoms with Crippen LogP contribution in [0.3, 0.4) is 0 Å². The lowest BCUT2D eigenvalue weighted by atomic mass is 9.94. The molecule has 0 saturated carbocycles. The minimum absolute atomic E-state index is 0.0315. The number of benzene rings is 1. The number of rotatable bonds is 12. The molecule has 1 aromatic carbocycles. The van der Waals surface area contributed by atoms with Gasteiger partial charge in [-0.2, -0.15) is 0 Å². The number of methoxy groups -OCH3 is 1. The first-order chi connectivity index (χ1) is 31.3. The molecule has 1 aliphatic heterocycles. The molecule has 1 aromatic rings. The van der Waals surface area contributed by atoms with Gasteiger partial charge in [-0.25, -0.2) is 9.59 Å². The predicted octanol–water partition coefficient (Wildman–Crippen LogP) is 2.22. The molecule has 8 N–H and O–H groups in total. The highest BCUT2D eigenvalue weighted by molar-refractivity contribution is 6.00. The van der Waals surface area contributed by atoms with Gasteiger partial charge in [0.05, 0.1) is 24.0 Å². The van der Waals surface area contributed by atoms with E-state index >= 15 is 0 Å². The van der Waals surface area contributed by atoms with Gasteiger partial charge in [0, 0.05) is 26.5 Å². The van der Waals surface area contributed by atoms with Gasteiger partial charge in [-0.3, -0.25) is 33.6 Å². The maximum absolute atomic E-state index is 14.2. The number of allylic oxidation sites excluding steroid dienone is 2. The van der Waals surface area contributed by atoms with E-state index in [0.29, 0.717) is 6.42 Å². The number of carboxylic acid groups (broad SMARTS) is 2. The summed E-state index contributed by atoms with van der Waals surface area (Å²) in [6.07, 6.45) is 4.81. The van der Waals surface area contributed by atoms with Crippen molar-refractivity contribution in [1.29, 1.82) is 0 Å². The predicted molar refractivity (Wildman–Crippen MR) is 249 cm³/mol. The fourth-order valence-corrected chi connectivity index (χ4v) is 7.19. The Labute approximate surface area is 393 Å². The van der Waals surface area contributed by atoms with Crippen LogP contribution in [0.2, 0.25) is 0 Å². The van der Waals surface area contributed by atoms with Crippen molar-refractivity contribution in [3.05, 3.63) is 72.0 Å². The molecule has 1 fully saturated rings. The topological polar surface area (TPSA) is 279 Å². The number of carbonyl (C=O) groups excluding carboxylic acids is 7. The van der Waals surface area contributed by atoms with E-state index in [2.05, 4.69) is 38.5 Å². The first kappa shape index (κ1) is 56.8. The smallest absolute Gasteiger partial charge is 0.327 e. The van der Waals surface area contributed by atoms with Crippen LogP contribution in [0.25, 0.3) is 0 Å². The first-order valence-corrected chi connectivity index (χ1v) is 22.5. The second kappa shape index (κ2) is 26.7. The fraction of sp³-hybridized carbons (Fsp3) is 0.562. The van der Waals surface area contributed by atoms with Gasteiger partial charge in [0.15, 0.2) is 0 Å². The van der Waals surface area contributed by atoms with Crippen molar-refractivity contribution in [2.75, 3.05) is 14.2 Å². The molecule has 0 aromatic heterocycles. The summed E-state index contributed by atoms with van der Waals surface area (Å²) in [6.45, 7) is 18.2. The number of ether oxygens (including phenoxy) is 1. The third-order valence-electron chi connectivity index (χ3n) is 11.6. The van der Waals surface area contributed by atoms with Crippen LogP contribution in [-0.2, 0) is 54.3 Å².